The van der Waals surface area contributed by atoms with Gasteiger partial charge < -0.3 is 10.2 Å². The average molecular weight is 382 g/mol. The van der Waals surface area contributed by atoms with Crippen molar-refractivity contribution in [2.75, 3.05) is 18.9 Å². The number of carbonyl (C=O) groups excluding carboxylic acids is 1. The van der Waals surface area contributed by atoms with Gasteiger partial charge in [-0.3, -0.25) is 4.79 Å². The van der Waals surface area contributed by atoms with E-state index < -0.39 is 0 Å². The van der Waals surface area contributed by atoms with Gasteiger partial charge in [-0.15, -0.1) is 0 Å². The Kier molecular flexibility index (Phi) is 3.73. The highest BCUT2D eigenvalue weighted by atomic mass is 127. The summed E-state index contributed by atoms with van der Waals surface area (Å²) in [6, 6.07) is 6.23. The number of nitrogens with zero attached hydrogens (tertiary/aromatic N) is 3. The van der Waals surface area contributed by atoms with E-state index in [-0.39, 0.29) is 11.9 Å². The van der Waals surface area contributed by atoms with Crippen LogP contribution in [0.25, 0.3) is 10.9 Å². The van der Waals surface area contributed by atoms with Crippen molar-refractivity contribution in [2.45, 2.75) is 18.9 Å². The number of likely N-dealkylation sites (tertiary alicyclic amines) is 1. The lowest BCUT2D eigenvalue weighted by Gasteiger charge is -2.29. The van der Waals surface area contributed by atoms with Gasteiger partial charge >= 0.3 is 0 Å². The molecule has 0 saturated carbocycles. The molecule has 0 bridgehead atoms. The fraction of sp³-hybridized carbons (Fsp3) is 0.357. The summed E-state index contributed by atoms with van der Waals surface area (Å²) in [5.74, 6) is 0.998. The lowest BCUT2D eigenvalue weighted by atomic mass is 10.0. The normalized spacial score (nSPS) is 19.4. The minimum absolute atomic E-state index is 0.148. The van der Waals surface area contributed by atoms with E-state index in [1.54, 1.807) is 11.2 Å². The van der Waals surface area contributed by atoms with Crippen LogP contribution in [0.3, 0.4) is 0 Å². The van der Waals surface area contributed by atoms with Crippen LogP contribution in [-0.2, 0) is 4.79 Å². The molecule has 0 spiro atoms. The summed E-state index contributed by atoms with van der Waals surface area (Å²) in [6.07, 6.45) is 3.03. The number of nitrogens with one attached hydrogen (secondary N) is 1. The zero-order valence-corrected chi connectivity index (χ0v) is 13.3. The van der Waals surface area contributed by atoms with E-state index in [0.29, 0.717) is 6.42 Å². The van der Waals surface area contributed by atoms with E-state index in [2.05, 4.69) is 43.9 Å². The van der Waals surface area contributed by atoms with Gasteiger partial charge in [0.05, 0.1) is 5.52 Å². The second-order valence-electron chi connectivity index (χ2n) is 5.03. The minimum Gasteiger partial charge on any atom is -0.366 e. The maximum atomic E-state index is 11.8. The van der Waals surface area contributed by atoms with Crippen LogP contribution in [0.4, 0.5) is 5.82 Å². The Bertz CT molecular complexity index is 661. The van der Waals surface area contributed by atoms with E-state index in [1.807, 2.05) is 19.2 Å². The van der Waals surface area contributed by atoms with Crippen LogP contribution in [0.15, 0.2) is 24.5 Å². The highest BCUT2D eigenvalue weighted by Gasteiger charge is 2.23. The first-order valence-electron chi connectivity index (χ1n) is 6.54. The zero-order valence-electron chi connectivity index (χ0n) is 11.1. The summed E-state index contributed by atoms with van der Waals surface area (Å²) < 4.78 is 1.15. The molecule has 1 aliphatic rings. The molecule has 20 heavy (non-hydrogen) atoms. The number of halogens is 1. The molecule has 2 aromatic rings. The van der Waals surface area contributed by atoms with E-state index >= 15 is 0 Å². The maximum Gasteiger partial charge on any atom is 0.224 e. The molecule has 0 aliphatic carbocycles. The van der Waals surface area contributed by atoms with Crippen molar-refractivity contribution in [1.82, 2.24) is 14.9 Å². The van der Waals surface area contributed by atoms with Gasteiger partial charge in [-0.1, -0.05) is 0 Å². The molecule has 1 aliphatic heterocycles. The standard InChI is InChI=1S/C14H15IN4O/c1-19-5-4-10(7-13(19)20)18-14-11-6-9(15)2-3-12(11)16-8-17-14/h2-3,6,8,10H,4-5,7H2,1H3,(H,16,17,18). The molecule has 1 unspecified atom stereocenters. The molecule has 6 heteroatoms. The predicted molar refractivity (Wildman–Crippen MR) is 86.5 cm³/mol. The van der Waals surface area contributed by atoms with Crippen LogP contribution in [0.5, 0.6) is 0 Å². The Morgan fingerprint density at radius 1 is 1.40 bits per heavy atom. The number of hydrogen-bond donors (Lipinski definition) is 1. The Balaban J connectivity index is 1.87. The first-order valence-corrected chi connectivity index (χ1v) is 7.62. The second-order valence-corrected chi connectivity index (χ2v) is 6.28. The summed E-state index contributed by atoms with van der Waals surface area (Å²) in [5, 5.41) is 4.41. The number of carbonyl (C=O) groups is 1. The van der Waals surface area contributed by atoms with Crippen molar-refractivity contribution in [1.29, 1.82) is 0 Å². The van der Waals surface area contributed by atoms with Crippen LogP contribution in [0.2, 0.25) is 0 Å². The van der Waals surface area contributed by atoms with Crippen LogP contribution >= 0.6 is 22.6 Å². The van der Waals surface area contributed by atoms with Crippen LogP contribution in [-0.4, -0.2) is 40.4 Å². The van der Waals surface area contributed by atoms with Gasteiger partial charge in [-0.05, 0) is 47.2 Å². The first kappa shape index (κ1) is 13.5. The summed E-state index contributed by atoms with van der Waals surface area (Å²) in [5.41, 5.74) is 0.919. The largest absolute Gasteiger partial charge is 0.366 e. The number of benzene rings is 1. The average Bonchev–Trinajstić information content (AvgIpc) is 2.44. The number of piperidine rings is 1. The van der Waals surface area contributed by atoms with Crippen molar-refractivity contribution in [3.63, 3.8) is 0 Å². The third-order valence-electron chi connectivity index (χ3n) is 3.60. The van der Waals surface area contributed by atoms with Crippen LogP contribution < -0.4 is 5.32 Å². The molecule has 1 N–H and O–H groups in total. The molecule has 3 rings (SSSR count). The maximum absolute atomic E-state index is 11.8. The molecular formula is C14H15IN4O. The van der Waals surface area contributed by atoms with Gasteiger partial charge in [-0.2, -0.15) is 0 Å². The van der Waals surface area contributed by atoms with Gasteiger partial charge in [0.15, 0.2) is 0 Å². The van der Waals surface area contributed by atoms with Gasteiger partial charge in [0.1, 0.15) is 12.1 Å². The Morgan fingerprint density at radius 2 is 2.25 bits per heavy atom. The highest BCUT2D eigenvalue weighted by Crippen LogP contribution is 2.24. The van der Waals surface area contributed by atoms with E-state index in [1.165, 1.54) is 0 Å². The molecule has 0 radical (unpaired) electrons. The monoisotopic (exact) mass is 382 g/mol. The SMILES string of the molecule is CN1CCC(Nc2ncnc3ccc(I)cc23)CC1=O. The van der Waals surface area contributed by atoms with Gasteiger partial charge in [0.25, 0.3) is 0 Å². The molecule has 1 fully saturated rings. The lowest BCUT2D eigenvalue weighted by Crippen LogP contribution is -2.41. The third-order valence-corrected chi connectivity index (χ3v) is 4.27. The number of hydrogen-bond acceptors (Lipinski definition) is 4. The summed E-state index contributed by atoms with van der Waals surface area (Å²) in [4.78, 5) is 22.2. The van der Waals surface area contributed by atoms with Crippen molar-refractivity contribution in [3.05, 3.63) is 28.1 Å². The molecule has 2 heterocycles. The summed E-state index contributed by atoms with van der Waals surface area (Å²) in [6.45, 7) is 0.789. The summed E-state index contributed by atoms with van der Waals surface area (Å²) >= 11 is 2.28. The minimum atomic E-state index is 0.148. The Hall–Kier alpha value is -1.44. The topological polar surface area (TPSA) is 58.1 Å². The molecule has 1 aromatic carbocycles. The fourth-order valence-electron chi connectivity index (χ4n) is 2.40. The molecule has 1 amide bonds. The van der Waals surface area contributed by atoms with Gasteiger partial charge in [-0.25, -0.2) is 9.97 Å². The fourth-order valence-corrected chi connectivity index (χ4v) is 2.89. The van der Waals surface area contributed by atoms with Crippen molar-refractivity contribution >= 4 is 45.2 Å². The van der Waals surface area contributed by atoms with Gasteiger partial charge in [0.2, 0.25) is 5.91 Å². The van der Waals surface area contributed by atoms with E-state index in [9.17, 15) is 4.79 Å². The number of fused-ring (bicyclic) bond motifs is 1. The predicted octanol–water partition coefficient (Wildman–Crippen LogP) is 2.27. The lowest BCUT2D eigenvalue weighted by molar-refractivity contribution is -0.132. The van der Waals surface area contributed by atoms with Crippen molar-refractivity contribution in [2.24, 2.45) is 0 Å². The van der Waals surface area contributed by atoms with Crippen LogP contribution in [0.1, 0.15) is 12.8 Å². The zero-order chi connectivity index (χ0) is 14.1. The number of rotatable bonds is 2. The van der Waals surface area contributed by atoms with E-state index in [0.717, 1.165) is 33.3 Å². The smallest absolute Gasteiger partial charge is 0.224 e. The molecule has 104 valence electrons. The molecule has 1 aromatic heterocycles. The molecular weight excluding hydrogens is 367 g/mol. The highest BCUT2D eigenvalue weighted by molar-refractivity contribution is 14.1. The van der Waals surface area contributed by atoms with Crippen molar-refractivity contribution in [3.8, 4) is 0 Å². The first-order chi connectivity index (χ1) is 9.63. The second kappa shape index (κ2) is 5.51. The van der Waals surface area contributed by atoms with E-state index in [4.69, 9.17) is 0 Å². The molecule has 5 nitrogen and oxygen atoms in total. The molecule has 1 atom stereocenters. The number of aromatic nitrogens is 2. The van der Waals surface area contributed by atoms with Gasteiger partial charge in [0, 0.05) is 35.0 Å². The quantitative estimate of drug-likeness (QED) is 0.810. The van der Waals surface area contributed by atoms with Crippen LogP contribution in [0, 0.1) is 3.57 Å². The third kappa shape index (κ3) is 2.70. The summed E-state index contributed by atoms with van der Waals surface area (Å²) in [7, 11) is 1.85. The Morgan fingerprint density at radius 3 is 3.05 bits per heavy atom. The Labute approximate surface area is 130 Å². The molecule has 1 saturated heterocycles. The van der Waals surface area contributed by atoms with Crippen molar-refractivity contribution < 1.29 is 4.79 Å². The number of amides is 1. The number of anilines is 1.